The molecule has 0 aliphatic heterocycles. The smallest absolute Gasteiger partial charge is 0.275 e. The summed E-state index contributed by atoms with van der Waals surface area (Å²) in [6.45, 7) is 5.95. The molecule has 2 aromatic rings. The molecule has 0 atom stereocenters. The number of benzene rings is 1. The van der Waals surface area contributed by atoms with Gasteiger partial charge >= 0.3 is 0 Å². The van der Waals surface area contributed by atoms with Crippen LogP contribution in [0.1, 0.15) is 63.1 Å². The van der Waals surface area contributed by atoms with Crippen LogP contribution in [0.3, 0.4) is 0 Å². The standard InChI is InChI=1S/C21H31N3O3S/c1-15(2)20-16(3)22(4)24(21(20)25)18-11-13-19(14-12-18)28(26,27)23(5)17-9-7-6-8-10-17/h11-15,17H,6-10H2,1-5H3. The van der Waals surface area contributed by atoms with Gasteiger partial charge in [-0.1, -0.05) is 33.1 Å². The van der Waals surface area contributed by atoms with Gasteiger partial charge in [0.2, 0.25) is 10.0 Å². The topological polar surface area (TPSA) is 64.3 Å². The number of hydrogen-bond acceptors (Lipinski definition) is 3. The lowest BCUT2D eigenvalue weighted by atomic mass is 9.96. The van der Waals surface area contributed by atoms with E-state index >= 15 is 0 Å². The van der Waals surface area contributed by atoms with E-state index < -0.39 is 10.0 Å². The monoisotopic (exact) mass is 405 g/mol. The lowest BCUT2D eigenvalue weighted by Crippen LogP contribution is -2.38. The van der Waals surface area contributed by atoms with Gasteiger partial charge in [0.25, 0.3) is 5.56 Å². The van der Waals surface area contributed by atoms with Crippen LogP contribution in [-0.2, 0) is 17.1 Å². The molecule has 1 saturated carbocycles. The molecule has 1 aliphatic carbocycles. The highest BCUT2D eigenvalue weighted by molar-refractivity contribution is 7.89. The van der Waals surface area contributed by atoms with Crippen LogP contribution in [0.25, 0.3) is 5.69 Å². The average Bonchev–Trinajstić information content (AvgIpc) is 2.90. The van der Waals surface area contributed by atoms with E-state index in [0.29, 0.717) is 5.69 Å². The zero-order valence-corrected chi connectivity index (χ0v) is 18.3. The Labute approximate surface area is 167 Å². The van der Waals surface area contributed by atoms with Crippen LogP contribution >= 0.6 is 0 Å². The largest absolute Gasteiger partial charge is 0.285 e. The Kier molecular flexibility index (Phi) is 5.87. The van der Waals surface area contributed by atoms with E-state index in [1.165, 1.54) is 10.7 Å². The normalized spacial score (nSPS) is 16.2. The molecule has 0 radical (unpaired) electrons. The van der Waals surface area contributed by atoms with Crippen molar-refractivity contribution in [1.82, 2.24) is 13.7 Å². The quantitative estimate of drug-likeness (QED) is 0.764. The van der Waals surface area contributed by atoms with Gasteiger partial charge in [-0.05, 0) is 49.9 Å². The number of hydrogen-bond donors (Lipinski definition) is 0. The SMILES string of the molecule is Cc1c(C(C)C)c(=O)n(-c2ccc(S(=O)(=O)N(C)C3CCCCC3)cc2)n1C. The lowest BCUT2D eigenvalue weighted by Gasteiger charge is -2.30. The Bertz CT molecular complexity index is 995. The first kappa shape index (κ1) is 20.9. The summed E-state index contributed by atoms with van der Waals surface area (Å²) in [6.07, 6.45) is 5.19. The van der Waals surface area contributed by atoms with Crippen LogP contribution in [0.4, 0.5) is 0 Å². The van der Waals surface area contributed by atoms with Crippen molar-refractivity contribution in [3.63, 3.8) is 0 Å². The van der Waals surface area contributed by atoms with E-state index in [0.717, 1.165) is 36.9 Å². The molecule has 1 aliphatic rings. The van der Waals surface area contributed by atoms with Gasteiger partial charge in [0.15, 0.2) is 0 Å². The first-order chi connectivity index (χ1) is 13.2. The summed E-state index contributed by atoms with van der Waals surface area (Å²) in [5.74, 6) is 0.128. The molecule has 0 N–H and O–H groups in total. The van der Waals surface area contributed by atoms with Crippen molar-refractivity contribution >= 4 is 10.0 Å². The molecular formula is C21H31N3O3S. The maximum atomic E-state index is 13.0. The molecule has 0 amide bonds. The summed E-state index contributed by atoms with van der Waals surface area (Å²) in [5.41, 5.74) is 2.33. The summed E-state index contributed by atoms with van der Waals surface area (Å²) < 4.78 is 31.0. The zero-order valence-electron chi connectivity index (χ0n) is 17.5. The summed E-state index contributed by atoms with van der Waals surface area (Å²) in [5, 5.41) is 0. The Morgan fingerprint density at radius 2 is 1.64 bits per heavy atom. The zero-order chi connectivity index (χ0) is 20.6. The van der Waals surface area contributed by atoms with Crippen LogP contribution in [0.5, 0.6) is 0 Å². The van der Waals surface area contributed by atoms with E-state index in [1.807, 2.05) is 32.5 Å². The molecule has 1 aromatic carbocycles. The van der Waals surface area contributed by atoms with Crippen molar-refractivity contribution in [3.05, 3.63) is 45.9 Å². The molecule has 0 spiro atoms. The van der Waals surface area contributed by atoms with Gasteiger partial charge in [-0.2, -0.15) is 4.31 Å². The summed E-state index contributed by atoms with van der Waals surface area (Å²) in [4.78, 5) is 13.1. The molecule has 0 saturated heterocycles. The molecule has 0 unspecified atom stereocenters. The van der Waals surface area contributed by atoms with Crippen molar-refractivity contribution in [1.29, 1.82) is 0 Å². The van der Waals surface area contributed by atoms with Crippen LogP contribution < -0.4 is 5.56 Å². The second-order valence-electron chi connectivity index (χ2n) is 8.10. The fraction of sp³-hybridized carbons (Fsp3) is 0.571. The molecule has 3 rings (SSSR count). The first-order valence-electron chi connectivity index (χ1n) is 10.0. The highest BCUT2D eigenvalue weighted by Gasteiger charge is 2.29. The number of nitrogens with zero attached hydrogens (tertiary/aromatic N) is 3. The van der Waals surface area contributed by atoms with Crippen molar-refractivity contribution in [3.8, 4) is 5.69 Å². The molecule has 6 nitrogen and oxygen atoms in total. The third kappa shape index (κ3) is 3.57. The van der Waals surface area contributed by atoms with Gasteiger partial charge in [0.05, 0.1) is 10.6 Å². The van der Waals surface area contributed by atoms with Crippen LogP contribution in [0.15, 0.2) is 34.0 Å². The van der Waals surface area contributed by atoms with Gasteiger partial charge in [0.1, 0.15) is 0 Å². The summed E-state index contributed by atoms with van der Waals surface area (Å²) in [6, 6.07) is 6.71. The number of rotatable bonds is 5. The van der Waals surface area contributed by atoms with E-state index in [1.54, 1.807) is 36.0 Å². The second kappa shape index (κ2) is 7.87. The third-order valence-corrected chi connectivity index (χ3v) is 7.95. The molecule has 7 heteroatoms. The lowest BCUT2D eigenvalue weighted by molar-refractivity contribution is 0.286. The fourth-order valence-electron chi connectivity index (χ4n) is 4.25. The van der Waals surface area contributed by atoms with Crippen molar-refractivity contribution in [2.45, 2.75) is 69.7 Å². The Morgan fingerprint density at radius 1 is 1.07 bits per heavy atom. The Morgan fingerprint density at radius 3 is 2.14 bits per heavy atom. The highest BCUT2D eigenvalue weighted by atomic mass is 32.2. The Balaban J connectivity index is 1.94. The van der Waals surface area contributed by atoms with E-state index in [-0.39, 0.29) is 22.4 Å². The van der Waals surface area contributed by atoms with E-state index in [9.17, 15) is 13.2 Å². The van der Waals surface area contributed by atoms with Gasteiger partial charge in [-0.25, -0.2) is 13.1 Å². The third-order valence-electron chi connectivity index (χ3n) is 6.02. The minimum atomic E-state index is -3.54. The molecule has 0 bridgehead atoms. The van der Waals surface area contributed by atoms with Crippen molar-refractivity contribution in [2.75, 3.05) is 7.05 Å². The average molecular weight is 406 g/mol. The number of aromatic nitrogens is 2. The fourth-order valence-corrected chi connectivity index (χ4v) is 5.67. The van der Waals surface area contributed by atoms with Crippen LogP contribution in [-0.4, -0.2) is 35.2 Å². The van der Waals surface area contributed by atoms with E-state index in [2.05, 4.69) is 0 Å². The minimum absolute atomic E-state index is 0.0510. The van der Waals surface area contributed by atoms with Crippen molar-refractivity contribution in [2.24, 2.45) is 7.05 Å². The number of sulfonamides is 1. The van der Waals surface area contributed by atoms with Crippen molar-refractivity contribution < 1.29 is 8.42 Å². The van der Waals surface area contributed by atoms with Gasteiger partial charge in [-0.3, -0.25) is 9.48 Å². The molecule has 1 fully saturated rings. The highest BCUT2D eigenvalue weighted by Crippen LogP contribution is 2.27. The predicted molar refractivity (Wildman–Crippen MR) is 112 cm³/mol. The Hall–Kier alpha value is -1.86. The predicted octanol–water partition coefficient (Wildman–Crippen LogP) is 3.56. The summed E-state index contributed by atoms with van der Waals surface area (Å²) >= 11 is 0. The van der Waals surface area contributed by atoms with Gasteiger partial charge in [-0.15, -0.1) is 0 Å². The van der Waals surface area contributed by atoms with Crippen LogP contribution in [0.2, 0.25) is 0 Å². The van der Waals surface area contributed by atoms with Crippen LogP contribution in [0, 0.1) is 6.92 Å². The minimum Gasteiger partial charge on any atom is -0.285 e. The maximum absolute atomic E-state index is 13.0. The molecule has 28 heavy (non-hydrogen) atoms. The second-order valence-corrected chi connectivity index (χ2v) is 10.1. The molecular weight excluding hydrogens is 374 g/mol. The van der Waals surface area contributed by atoms with Gasteiger partial charge in [0, 0.05) is 31.4 Å². The molecule has 1 heterocycles. The first-order valence-corrected chi connectivity index (χ1v) is 11.5. The molecule has 1 aromatic heterocycles. The van der Waals surface area contributed by atoms with E-state index in [4.69, 9.17) is 0 Å². The van der Waals surface area contributed by atoms with Gasteiger partial charge < -0.3 is 0 Å². The summed E-state index contributed by atoms with van der Waals surface area (Å²) in [7, 11) is -0.00398. The maximum Gasteiger partial charge on any atom is 0.275 e. The molecule has 154 valence electrons.